The maximum absolute atomic E-state index is 12.0. The highest BCUT2D eigenvalue weighted by Gasteiger charge is 2.26. The molecule has 0 heterocycles. The first-order valence-corrected chi connectivity index (χ1v) is 8.42. The normalized spacial score (nSPS) is 12.1. The molecule has 3 aromatic rings. The van der Waals surface area contributed by atoms with Gasteiger partial charge in [0.05, 0.1) is 11.4 Å². The summed E-state index contributed by atoms with van der Waals surface area (Å²) in [6.07, 6.45) is 0. The standard InChI is InChI=1S/C16H14N3O3P/c17-14-10-11-6-4-5-9-13(11)16(23(20,21)22)15(14)19-18-12-7-2-1-3-8-12/h1-10H,17H2,(H2,20,21,22). The lowest BCUT2D eigenvalue weighted by atomic mass is 10.1. The first-order chi connectivity index (χ1) is 11.0. The zero-order valence-electron chi connectivity index (χ0n) is 12.0. The molecular formula is C16H14N3O3P. The molecule has 0 bridgehead atoms. The molecule has 0 fully saturated rings. The van der Waals surface area contributed by atoms with Gasteiger partial charge in [0.15, 0.2) is 0 Å². The summed E-state index contributed by atoms with van der Waals surface area (Å²) in [5.41, 5.74) is 6.69. The van der Waals surface area contributed by atoms with Crippen molar-refractivity contribution in [1.29, 1.82) is 0 Å². The van der Waals surface area contributed by atoms with Gasteiger partial charge in [0.25, 0.3) is 0 Å². The molecule has 4 N–H and O–H groups in total. The summed E-state index contributed by atoms with van der Waals surface area (Å²) in [6, 6.07) is 17.4. The topological polar surface area (TPSA) is 108 Å². The lowest BCUT2D eigenvalue weighted by Crippen LogP contribution is -2.09. The van der Waals surface area contributed by atoms with Gasteiger partial charge in [-0.05, 0) is 29.0 Å². The minimum Gasteiger partial charge on any atom is -0.397 e. The average Bonchev–Trinajstić information content (AvgIpc) is 2.52. The van der Waals surface area contributed by atoms with Crippen LogP contribution in [0.1, 0.15) is 0 Å². The zero-order valence-corrected chi connectivity index (χ0v) is 12.9. The van der Waals surface area contributed by atoms with Crippen molar-refractivity contribution in [2.75, 3.05) is 5.73 Å². The molecule has 116 valence electrons. The van der Waals surface area contributed by atoms with Gasteiger partial charge in [0.2, 0.25) is 0 Å². The van der Waals surface area contributed by atoms with Crippen LogP contribution in [-0.2, 0) is 4.57 Å². The van der Waals surface area contributed by atoms with Crippen LogP contribution in [0.4, 0.5) is 17.1 Å². The minimum atomic E-state index is -4.58. The molecule has 0 aliphatic heterocycles. The molecule has 0 spiro atoms. The fourth-order valence-corrected chi connectivity index (χ4v) is 3.31. The Kier molecular flexibility index (Phi) is 3.96. The van der Waals surface area contributed by atoms with Crippen molar-refractivity contribution < 1.29 is 14.4 Å². The van der Waals surface area contributed by atoms with Crippen LogP contribution >= 0.6 is 7.60 Å². The smallest absolute Gasteiger partial charge is 0.359 e. The van der Waals surface area contributed by atoms with Crippen LogP contribution in [0.25, 0.3) is 10.8 Å². The highest BCUT2D eigenvalue weighted by molar-refractivity contribution is 7.61. The number of hydrogen-bond acceptors (Lipinski definition) is 4. The Morgan fingerprint density at radius 2 is 1.57 bits per heavy atom. The Bertz CT molecular complexity index is 936. The van der Waals surface area contributed by atoms with E-state index in [1.54, 1.807) is 54.6 Å². The maximum atomic E-state index is 12.0. The van der Waals surface area contributed by atoms with Gasteiger partial charge >= 0.3 is 7.60 Å². The Morgan fingerprint density at radius 1 is 0.913 bits per heavy atom. The first-order valence-electron chi connectivity index (χ1n) is 6.81. The van der Waals surface area contributed by atoms with Crippen LogP contribution in [0.2, 0.25) is 0 Å². The summed E-state index contributed by atoms with van der Waals surface area (Å²) < 4.78 is 12.0. The number of azo groups is 1. The van der Waals surface area contributed by atoms with Crippen LogP contribution in [0.5, 0.6) is 0 Å². The Hall–Kier alpha value is -2.53. The zero-order chi connectivity index (χ0) is 16.4. The Labute approximate surface area is 132 Å². The van der Waals surface area contributed by atoms with Crippen molar-refractivity contribution in [3.05, 3.63) is 60.7 Å². The van der Waals surface area contributed by atoms with Crippen molar-refractivity contribution >= 4 is 40.7 Å². The number of anilines is 1. The van der Waals surface area contributed by atoms with Crippen molar-refractivity contribution in [3.8, 4) is 0 Å². The van der Waals surface area contributed by atoms with Crippen molar-refractivity contribution in [2.24, 2.45) is 10.2 Å². The van der Waals surface area contributed by atoms with Gasteiger partial charge in [-0.15, -0.1) is 5.11 Å². The van der Waals surface area contributed by atoms with Crippen LogP contribution in [0, 0.1) is 0 Å². The molecule has 6 nitrogen and oxygen atoms in total. The predicted octanol–water partition coefficient (Wildman–Crippen LogP) is 3.64. The average molecular weight is 327 g/mol. The van der Waals surface area contributed by atoms with E-state index in [0.717, 1.165) is 0 Å². The van der Waals surface area contributed by atoms with Gasteiger partial charge < -0.3 is 15.5 Å². The third-order valence-electron chi connectivity index (χ3n) is 3.34. The molecule has 0 aliphatic rings. The van der Waals surface area contributed by atoms with Crippen LogP contribution in [0.3, 0.4) is 0 Å². The summed E-state index contributed by atoms with van der Waals surface area (Å²) in [7, 11) is -4.58. The third-order valence-corrected chi connectivity index (χ3v) is 4.37. The van der Waals surface area contributed by atoms with Gasteiger partial charge in [-0.2, -0.15) is 5.11 Å². The molecule has 0 atom stereocenters. The molecule has 0 aromatic heterocycles. The number of hydrogen-bond donors (Lipinski definition) is 3. The largest absolute Gasteiger partial charge is 0.397 e. The monoisotopic (exact) mass is 327 g/mol. The van der Waals surface area contributed by atoms with E-state index in [1.807, 2.05) is 6.07 Å². The summed E-state index contributed by atoms with van der Waals surface area (Å²) in [5.74, 6) is 0. The second-order valence-electron chi connectivity index (χ2n) is 4.96. The molecule has 3 rings (SSSR count). The van der Waals surface area contributed by atoms with E-state index in [-0.39, 0.29) is 16.7 Å². The fraction of sp³-hybridized carbons (Fsp3) is 0. The lowest BCUT2D eigenvalue weighted by Gasteiger charge is -2.13. The summed E-state index contributed by atoms with van der Waals surface area (Å²) in [4.78, 5) is 19.5. The molecule has 0 radical (unpaired) electrons. The molecule has 0 saturated carbocycles. The number of nitrogen functional groups attached to an aromatic ring is 1. The van der Waals surface area contributed by atoms with Crippen LogP contribution in [0.15, 0.2) is 70.9 Å². The second-order valence-corrected chi connectivity index (χ2v) is 6.50. The van der Waals surface area contributed by atoms with Crippen LogP contribution < -0.4 is 11.0 Å². The van der Waals surface area contributed by atoms with Crippen molar-refractivity contribution in [2.45, 2.75) is 0 Å². The second kappa shape index (κ2) is 5.93. The van der Waals surface area contributed by atoms with E-state index in [2.05, 4.69) is 10.2 Å². The van der Waals surface area contributed by atoms with E-state index in [1.165, 1.54) is 0 Å². The SMILES string of the molecule is Nc1cc2ccccc2c(P(=O)(O)O)c1N=Nc1ccccc1. The lowest BCUT2D eigenvalue weighted by molar-refractivity contribution is 0.388. The number of rotatable bonds is 3. The van der Waals surface area contributed by atoms with Gasteiger partial charge in [-0.1, -0.05) is 42.5 Å². The molecule has 0 unspecified atom stereocenters. The van der Waals surface area contributed by atoms with Gasteiger partial charge in [-0.3, -0.25) is 4.57 Å². The van der Waals surface area contributed by atoms with Gasteiger partial charge in [0.1, 0.15) is 11.0 Å². The third kappa shape index (κ3) is 3.14. The molecule has 0 aliphatic carbocycles. The summed E-state index contributed by atoms with van der Waals surface area (Å²) in [5, 5.41) is 8.87. The fourth-order valence-electron chi connectivity index (χ4n) is 2.34. The Balaban J connectivity index is 2.25. The van der Waals surface area contributed by atoms with Gasteiger partial charge in [-0.25, -0.2) is 0 Å². The predicted molar refractivity (Wildman–Crippen MR) is 90.7 cm³/mol. The van der Waals surface area contributed by atoms with Gasteiger partial charge in [0, 0.05) is 0 Å². The van der Waals surface area contributed by atoms with E-state index in [0.29, 0.717) is 16.5 Å². The minimum absolute atomic E-state index is 0.000821. The number of benzene rings is 3. The highest BCUT2D eigenvalue weighted by Crippen LogP contribution is 2.43. The molecule has 7 heteroatoms. The quantitative estimate of drug-likeness (QED) is 0.387. The molecule has 23 heavy (non-hydrogen) atoms. The number of nitrogens with two attached hydrogens (primary N) is 1. The first kappa shape index (κ1) is 15.4. The number of fused-ring (bicyclic) bond motifs is 1. The number of nitrogens with zero attached hydrogens (tertiary/aromatic N) is 2. The Morgan fingerprint density at radius 3 is 2.26 bits per heavy atom. The van der Waals surface area contributed by atoms with Crippen LogP contribution in [-0.4, -0.2) is 9.79 Å². The molecule has 0 saturated heterocycles. The molecule has 0 amide bonds. The maximum Gasteiger partial charge on any atom is 0.359 e. The molecular weight excluding hydrogens is 313 g/mol. The molecule has 3 aromatic carbocycles. The summed E-state index contributed by atoms with van der Waals surface area (Å²) >= 11 is 0. The summed E-state index contributed by atoms with van der Waals surface area (Å²) in [6.45, 7) is 0. The van der Waals surface area contributed by atoms with Crippen molar-refractivity contribution in [3.63, 3.8) is 0 Å². The van der Waals surface area contributed by atoms with Crippen molar-refractivity contribution in [1.82, 2.24) is 0 Å². The van der Waals surface area contributed by atoms with E-state index in [9.17, 15) is 14.4 Å². The van der Waals surface area contributed by atoms with E-state index in [4.69, 9.17) is 5.73 Å². The van der Waals surface area contributed by atoms with E-state index >= 15 is 0 Å². The highest BCUT2D eigenvalue weighted by atomic mass is 31.2. The van der Waals surface area contributed by atoms with E-state index < -0.39 is 7.60 Å².